The number of aromatic hydroxyl groups is 1. The van der Waals surface area contributed by atoms with Gasteiger partial charge in [-0.1, -0.05) is 41.0 Å². The Hall–Kier alpha value is -2.22. The number of phenols is 1. The summed E-state index contributed by atoms with van der Waals surface area (Å²) in [6.07, 6.45) is 17.7. The number of allylic oxidation sites excluding steroid dienone is 6. The lowest BCUT2D eigenvalue weighted by Crippen LogP contribution is -2.31. The van der Waals surface area contributed by atoms with E-state index in [1.807, 2.05) is 6.07 Å². The summed E-state index contributed by atoms with van der Waals surface area (Å²) in [7, 11) is 0. The number of ether oxygens (including phenoxy) is 1. The summed E-state index contributed by atoms with van der Waals surface area (Å²) < 4.78 is 6.18. The maximum absolute atomic E-state index is 9.59. The second kappa shape index (κ2) is 10.4. The van der Waals surface area contributed by atoms with E-state index in [4.69, 9.17) is 4.74 Å². The zero-order valence-electron chi connectivity index (χ0n) is 18.2. The minimum Gasteiger partial charge on any atom is -0.508 e. The van der Waals surface area contributed by atoms with Gasteiger partial charge in [-0.05, 0) is 97.4 Å². The molecule has 1 aliphatic rings. The van der Waals surface area contributed by atoms with Crippen LogP contribution in [0.3, 0.4) is 0 Å². The van der Waals surface area contributed by atoms with E-state index >= 15 is 0 Å². The molecule has 0 amide bonds. The van der Waals surface area contributed by atoms with Crippen molar-refractivity contribution in [1.82, 2.24) is 0 Å². The van der Waals surface area contributed by atoms with Crippen LogP contribution in [0.2, 0.25) is 0 Å². The van der Waals surface area contributed by atoms with Crippen LogP contribution in [0.15, 0.2) is 59.2 Å². The van der Waals surface area contributed by atoms with Crippen LogP contribution in [0.1, 0.15) is 78.7 Å². The first kappa shape index (κ1) is 22.1. The molecule has 0 fully saturated rings. The van der Waals surface area contributed by atoms with Gasteiger partial charge >= 0.3 is 0 Å². The summed E-state index contributed by atoms with van der Waals surface area (Å²) in [6.45, 7) is 10.9. The van der Waals surface area contributed by atoms with Gasteiger partial charge in [-0.15, -0.1) is 0 Å². The molecule has 2 heteroatoms. The van der Waals surface area contributed by atoms with Gasteiger partial charge in [0.15, 0.2) is 0 Å². The Kier molecular flexibility index (Phi) is 8.17. The molecule has 28 heavy (non-hydrogen) atoms. The fourth-order valence-electron chi connectivity index (χ4n) is 3.39. The highest BCUT2D eigenvalue weighted by Gasteiger charge is 2.26. The topological polar surface area (TPSA) is 29.5 Å². The Morgan fingerprint density at radius 1 is 0.964 bits per heavy atom. The fraction of sp³-hybridized carbons (Fsp3) is 0.462. The van der Waals surface area contributed by atoms with E-state index in [1.54, 1.807) is 12.1 Å². The molecule has 1 aromatic carbocycles. The molecule has 0 spiro atoms. The van der Waals surface area contributed by atoms with Gasteiger partial charge in [0.1, 0.15) is 17.1 Å². The average Bonchev–Trinajstić information content (AvgIpc) is 2.61. The first-order chi connectivity index (χ1) is 13.3. The molecule has 0 radical (unpaired) electrons. The minimum absolute atomic E-state index is 0.274. The number of hydrogen-bond acceptors (Lipinski definition) is 2. The standard InChI is InChI=1S/C26H36O2/c1-20(2)9-6-10-21(3)11-7-12-22(4)13-8-17-26(5)18-16-23-19-24(27)14-15-25(23)28-26/h9,11,13-16,18-19,27H,6-8,10,12,17H2,1-5H3/t26-/m1/s1. The van der Waals surface area contributed by atoms with E-state index in [2.05, 4.69) is 65.0 Å². The van der Waals surface area contributed by atoms with E-state index in [9.17, 15) is 5.11 Å². The zero-order valence-corrected chi connectivity index (χ0v) is 18.2. The van der Waals surface area contributed by atoms with Gasteiger partial charge in [0, 0.05) is 5.56 Å². The third kappa shape index (κ3) is 7.42. The third-order valence-corrected chi connectivity index (χ3v) is 5.21. The van der Waals surface area contributed by atoms with Crippen LogP contribution < -0.4 is 4.74 Å². The molecule has 152 valence electrons. The molecule has 1 heterocycles. The summed E-state index contributed by atoms with van der Waals surface area (Å²) in [6, 6.07) is 5.27. The van der Waals surface area contributed by atoms with Gasteiger partial charge in [-0.3, -0.25) is 0 Å². The highest BCUT2D eigenvalue weighted by Crippen LogP contribution is 2.35. The summed E-state index contributed by atoms with van der Waals surface area (Å²) in [5, 5.41) is 9.59. The number of benzene rings is 1. The van der Waals surface area contributed by atoms with Crippen LogP contribution in [0, 0.1) is 0 Å². The smallest absolute Gasteiger partial charge is 0.128 e. The number of rotatable bonds is 9. The van der Waals surface area contributed by atoms with Crippen molar-refractivity contribution in [2.24, 2.45) is 0 Å². The maximum atomic E-state index is 9.59. The lowest BCUT2D eigenvalue weighted by atomic mass is 9.94. The number of phenolic OH excluding ortho intramolecular Hbond substituents is 1. The Labute approximate surface area is 171 Å². The molecule has 1 aliphatic heterocycles. The largest absolute Gasteiger partial charge is 0.508 e. The van der Waals surface area contributed by atoms with Crippen molar-refractivity contribution >= 4 is 6.08 Å². The maximum Gasteiger partial charge on any atom is 0.128 e. The van der Waals surface area contributed by atoms with Crippen LogP contribution in [-0.4, -0.2) is 10.7 Å². The Morgan fingerprint density at radius 3 is 2.29 bits per heavy atom. The predicted molar refractivity (Wildman–Crippen MR) is 121 cm³/mol. The van der Waals surface area contributed by atoms with Crippen LogP contribution in [0.5, 0.6) is 11.5 Å². The molecule has 1 atom stereocenters. The lowest BCUT2D eigenvalue weighted by molar-refractivity contribution is 0.128. The van der Waals surface area contributed by atoms with Gasteiger partial charge in [0.05, 0.1) is 0 Å². The van der Waals surface area contributed by atoms with Crippen molar-refractivity contribution in [1.29, 1.82) is 0 Å². The number of fused-ring (bicyclic) bond motifs is 1. The van der Waals surface area contributed by atoms with Crippen LogP contribution in [0.25, 0.3) is 6.08 Å². The van der Waals surface area contributed by atoms with Gasteiger partial charge in [-0.25, -0.2) is 0 Å². The second-order valence-corrected chi connectivity index (χ2v) is 8.47. The van der Waals surface area contributed by atoms with Crippen molar-refractivity contribution in [2.45, 2.75) is 78.7 Å². The zero-order chi connectivity index (χ0) is 20.6. The fourth-order valence-corrected chi connectivity index (χ4v) is 3.39. The molecule has 0 bridgehead atoms. The average molecular weight is 381 g/mol. The molecule has 1 N–H and O–H groups in total. The second-order valence-electron chi connectivity index (χ2n) is 8.47. The molecular formula is C26H36O2. The van der Waals surface area contributed by atoms with Gasteiger partial charge in [0.25, 0.3) is 0 Å². The van der Waals surface area contributed by atoms with Crippen molar-refractivity contribution in [3.05, 3.63) is 64.8 Å². The first-order valence-electron chi connectivity index (χ1n) is 10.4. The predicted octanol–water partition coefficient (Wildman–Crippen LogP) is 7.76. The van der Waals surface area contributed by atoms with E-state index < -0.39 is 0 Å². The lowest BCUT2D eigenvalue weighted by Gasteiger charge is -2.31. The summed E-state index contributed by atoms with van der Waals surface area (Å²) in [4.78, 5) is 0. The van der Waals surface area contributed by atoms with Crippen LogP contribution in [0.4, 0.5) is 0 Å². The molecule has 0 aromatic heterocycles. The van der Waals surface area contributed by atoms with Crippen molar-refractivity contribution in [2.75, 3.05) is 0 Å². The molecule has 0 saturated carbocycles. The van der Waals surface area contributed by atoms with Gasteiger partial charge in [-0.2, -0.15) is 0 Å². The SMILES string of the molecule is CC(C)=CCCC(C)=CCCC(C)=CCC[C@]1(C)C=Cc2cc(O)ccc2O1. The van der Waals surface area contributed by atoms with E-state index in [1.165, 1.54) is 16.7 Å². The van der Waals surface area contributed by atoms with E-state index in [0.717, 1.165) is 49.8 Å². The molecule has 0 aliphatic carbocycles. The summed E-state index contributed by atoms with van der Waals surface area (Å²) >= 11 is 0. The van der Waals surface area contributed by atoms with Crippen molar-refractivity contribution in [3.63, 3.8) is 0 Å². The van der Waals surface area contributed by atoms with Gasteiger partial charge < -0.3 is 9.84 Å². The quantitative estimate of drug-likeness (QED) is 0.444. The Balaban J connectivity index is 1.76. The Bertz CT molecular complexity index is 776. The molecule has 1 aromatic rings. The molecule has 0 saturated heterocycles. The summed E-state index contributed by atoms with van der Waals surface area (Å²) in [5.41, 5.74) is 4.99. The normalized spacial score (nSPS) is 19.2. The monoisotopic (exact) mass is 380 g/mol. The van der Waals surface area contributed by atoms with Crippen molar-refractivity contribution in [3.8, 4) is 11.5 Å². The van der Waals surface area contributed by atoms with Crippen molar-refractivity contribution < 1.29 is 9.84 Å². The molecular weight excluding hydrogens is 344 g/mol. The van der Waals surface area contributed by atoms with E-state index in [-0.39, 0.29) is 11.4 Å². The molecule has 2 nitrogen and oxygen atoms in total. The van der Waals surface area contributed by atoms with Crippen LogP contribution >= 0.6 is 0 Å². The van der Waals surface area contributed by atoms with Gasteiger partial charge in [0.2, 0.25) is 0 Å². The highest BCUT2D eigenvalue weighted by molar-refractivity contribution is 5.62. The minimum atomic E-state index is -0.290. The summed E-state index contributed by atoms with van der Waals surface area (Å²) in [5.74, 6) is 1.12. The number of hydrogen-bond donors (Lipinski definition) is 1. The highest BCUT2D eigenvalue weighted by atomic mass is 16.5. The van der Waals surface area contributed by atoms with E-state index in [0.29, 0.717) is 0 Å². The Morgan fingerprint density at radius 2 is 1.61 bits per heavy atom. The third-order valence-electron chi connectivity index (χ3n) is 5.21. The van der Waals surface area contributed by atoms with Crippen LogP contribution in [-0.2, 0) is 0 Å². The molecule has 2 rings (SSSR count). The molecule has 0 unspecified atom stereocenters. The first-order valence-corrected chi connectivity index (χ1v) is 10.4.